The van der Waals surface area contributed by atoms with Crippen molar-refractivity contribution in [2.75, 3.05) is 0 Å². The molecule has 2 aromatic carbocycles. The molecule has 0 amide bonds. The van der Waals surface area contributed by atoms with E-state index in [1.165, 1.54) is 30.4 Å². The van der Waals surface area contributed by atoms with Crippen LogP contribution in [0.2, 0.25) is 0 Å². The molecule has 36 heavy (non-hydrogen) atoms. The van der Waals surface area contributed by atoms with Gasteiger partial charge < -0.3 is 4.98 Å². The van der Waals surface area contributed by atoms with Crippen molar-refractivity contribution >= 4 is 10.9 Å². The van der Waals surface area contributed by atoms with Gasteiger partial charge in [-0.05, 0) is 70.8 Å². The van der Waals surface area contributed by atoms with E-state index in [0.717, 1.165) is 48.0 Å². The first-order chi connectivity index (χ1) is 17.7. The van der Waals surface area contributed by atoms with Gasteiger partial charge in [0.1, 0.15) is 0 Å². The Kier molecular flexibility index (Phi) is 7.56. The summed E-state index contributed by atoms with van der Waals surface area (Å²) in [6, 6.07) is 19.1. The van der Waals surface area contributed by atoms with E-state index in [-0.39, 0.29) is 11.6 Å². The summed E-state index contributed by atoms with van der Waals surface area (Å²) in [5.74, 6) is 0.908. The molecule has 2 aromatic heterocycles. The van der Waals surface area contributed by atoms with Gasteiger partial charge in [0.2, 0.25) is 0 Å². The number of benzene rings is 2. The average Bonchev–Trinajstić information content (AvgIpc) is 3.40. The summed E-state index contributed by atoms with van der Waals surface area (Å²) in [5, 5.41) is 14.2. The average molecular weight is 485 g/mol. The van der Waals surface area contributed by atoms with E-state index in [2.05, 4.69) is 86.4 Å². The van der Waals surface area contributed by atoms with Gasteiger partial charge in [0.05, 0.1) is 12.1 Å². The second-order valence-corrected chi connectivity index (χ2v) is 9.99. The summed E-state index contributed by atoms with van der Waals surface area (Å²) in [5.41, 5.74) is 4.08. The zero-order chi connectivity index (χ0) is 24.9. The number of nitrogens with zero attached hydrogens (tertiary/aromatic N) is 5. The number of aryl methyl sites for hydroxylation is 1. The van der Waals surface area contributed by atoms with Crippen LogP contribution in [0.5, 0.6) is 0 Å². The number of fused-ring (bicyclic) bond motifs is 1. The van der Waals surface area contributed by atoms with Crippen molar-refractivity contribution in [2.24, 2.45) is 0 Å². The summed E-state index contributed by atoms with van der Waals surface area (Å²) >= 11 is 0. The lowest BCUT2D eigenvalue weighted by Gasteiger charge is -2.32. The molecule has 5 rings (SSSR count). The van der Waals surface area contributed by atoms with Gasteiger partial charge in [-0.15, -0.1) is 5.10 Å². The maximum atomic E-state index is 13.2. The highest BCUT2D eigenvalue weighted by Crippen LogP contribution is 2.32. The zero-order valence-corrected chi connectivity index (χ0v) is 21.4. The molecule has 0 bridgehead atoms. The quantitative estimate of drug-likeness (QED) is 0.328. The van der Waals surface area contributed by atoms with Crippen LogP contribution in [0.4, 0.5) is 0 Å². The van der Waals surface area contributed by atoms with Crippen molar-refractivity contribution in [3.63, 3.8) is 0 Å². The van der Waals surface area contributed by atoms with Crippen LogP contribution in [0.3, 0.4) is 0 Å². The summed E-state index contributed by atoms with van der Waals surface area (Å²) in [4.78, 5) is 18.6. The monoisotopic (exact) mass is 484 g/mol. The molecule has 0 saturated heterocycles. The van der Waals surface area contributed by atoms with Gasteiger partial charge >= 0.3 is 0 Å². The third kappa shape index (κ3) is 5.26. The van der Waals surface area contributed by atoms with Crippen LogP contribution in [-0.4, -0.2) is 30.1 Å². The fourth-order valence-corrected chi connectivity index (χ4v) is 5.56. The lowest BCUT2D eigenvalue weighted by atomic mass is 9.95. The van der Waals surface area contributed by atoms with Crippen LogP contribution < -0.4 is 5.56 Å². The highest BCUT2D eigenvalue weighted by molar-refractivity contribution is 5.79. The van der Waals surface area contributed by atoms with Crippen LogP contribution in [0.1, 0.15) is 87.0 Å². The predicted molar refractivity (Wildman–Crippen MR) is 143 cm³/mol. The molecule has 7 heteroatoms. The Morgan fingerprint density at radius 2 is 1.81 bits per heavy atom. The van der Waals surface area contributed by atoms with Gasteiger partial charge in [-0.3, -0.25) is 9.69 Å². The molecule has 188 valence electrons. The minimum Gasteiger partial charge on any atom is -0.322 e. The van der Waals surface area contributed by atoms with Gasteiger partial charge in [0.25, 0.3) is 5.56 Å². The van der Waals surface area contributed by atoms with E-state index in [4.69, 9.17) is 0 Å². The number of aromatic amines is 1. The number of hydrogen-bond acceptors (Lipinski definition) is 5. The maximum absolute atomic E-state index is 13.2. The number of aromatic nitrogens is 5. The van der Waals surface area contributed by atoms with Crippen molar-refractivity contribution in [1.29, 1.82) is 0 Å². The molecule has 0 radical (unpaired) electrons. The second-order valence-electron chi connectivity index (χ2n) is 9.99. The van der Waals surface area contributed by atoms with E-state index in [0.29, 0.717) is 19.1 Å². The van der Waals surface area contributed by atoms with E-state index in [1.807, 2.05) is 12.1 Å². The molecule has 0 spiro atoms. The number of hydrogen-bond donors (Lipinski definition) is 1. The fraction of sp³-hybridized carbons (Fsp3) is 0.448. The first-order valence-corrected chi connectivity index (χ1v) is 13.4. The van der Waals surface area contributed by atoms with Crippen molar-refractivity contribution in [3.05, 3.63) is 87.5 Å². The number of H-pyrrole nitrogens is 1. The Labute approximate surface area is 212 Å². The minimum atomic E-state index is -0.0356. The Morgan fingerprint density at radius 1 is 1.00 bits per heavy atom. The minimum absolute atomic E-state index is 0.000735. The molecule has 1 N–H and O–H groups in total. The number of pyridine rings is 1. The predicted octanol–water partition coefficient (Wildman–Crippen LogP) is 5.74. The summed E-state index contributed by atoms with van der Waals surface area (Å²) < 4.78 is 2.07. The van der Waals surface area contributed by atoms with Crippen LogP contribution in [0.25, 0.3) is 10.9 Å². The Bertz CT molecular complexity index is 1340. The summed E-state index contributed by atoms with van der Waals surface area (Å²) in [6.07, 6.45) is 7.80. The highest BCUT2D eigenvalue weighted by Gasteiger charge is 2.29. The first-order valence-electron chi connectivity index (χ1n) is 13.4. The molecular weight excluding hydrogens is 448 g/mol. The molecule has 2 heterocycles. The summed E-state index contributed by atoms with van der Waals surface area (Å²) in [6.45, 7) is 5.56. The van der Waals surface area contributed by atoms with Crippen molar-refractivity contribution in [3.8, 4) is 0 Å². The molecule has 1 unspecified atom stereocenters. The first kappa shape index (κ1) is 24.4. The van der Waals surface area contributed by atoms with Gasteiger partial charge in [-0.25, -0.2) is 4.68 Å². The Morgan fingerprint density at radius 3 is 2.56 bits per heavy atom. The van der Waals surface area contributed by atoms with Crippen molar-refractivity contribution < 1.29 is 0 Å². The molecule has 1 aliphatic rings. The van der Waals surface area contributed by atoms with Crippen LogP contribution >= 0.6 is 0 Å². The van der Waals surface area contributed by atoms with Gasteiger partial charge in [0.15, 0.2) is 5.82 Å². The van der Waals surface area contributed by atoms with E-state index in [9.17, 15) is 4.79 Å². The SMILES string of the molecule is CCc1ccc2[nH]c(=O)c(CN(Cc3ccccc3)C(CC)c3nnnn3C3CCCCC3)cc2c1. The second kappa shape index (κ2) is 11.2. The molecule has 1 aliphatic carbocycles. The molecule has 1 saturated carbocycles. The molecule has 4 aromatic rings. The lowest BCUT2D eigenvalue weighted by molar-refractivity contribution is 0.155. The van der Waals surface area contributed by atoms with E-state index in [1.54, 1.807) is 0 Å². The normalized spacial score (nSPS) is 15.5. The maximum Gasteiger partial charge on any atom is 0.252 e. The summed E-state index contributed by atoms with van der Waals surface area (Å²) in [7, 11) is 0. The molecular formula is C29H36N6O. The Hall–Kier alpha value is -3.32. The fourth-order valence-electron chi connectivity index (χ4n) is 5.56. The number of tetrazole rings is 1. The standard InChI is InChI=1S/C29H36N6O/c1-3-21-15-16-26-23(17-21)18-24(29(36)30-26)20-34(19-22-11-7-5-8-12-22)27(4-2)28-31-32-33-35(28)25-13-9-6-10-14-25/h5,7-8,11-12,15-18,25,27H,3-4,6,9-10,13-14,19-20H2,1-2H3,(H,30,36). The van der Waals surface area contributed by atoms with Crippen molar-refractivity contribution in [1.82, 2.24) is 30.1 Å². The van der Waals surface area contributed by atoms with Gasteiger partial charge in [-0.2, -0.15) is 0 Å². The number of nitrogens with one attached hydrogen (secondary N) is 1. The smallest absolute Gasteiger partial charge is 0.252 e. The van der Waals surface area contributed by atoms with E-state index >= 15 is 0 Å². The topological polar surface area (TPSA) is 79.7 Å². The Balaban J connectivity index is 1.52. The van der Waals surface area contributed by atoms with Gasteiger partial charge in [-0.1, -0.05) is 69.5 Å². The molecule has 0 aliphatic heterocycles. The van der Waals surface area contributed by atoms with Crippen LogP contribution in [0, 0.1) is 0 Å². The van der Waals surface area contributed by atoms with Crippen molar-refractivity contribution in [2.45, 2.75) is 84.0 Å². The highest BCUT2D eigenvalue weighted by atomic mass is 16.1. The molecule has 1 fully saturated rings. The largest absolute Gasteiger partial charge is 0.322 e. The lowest BCUT2D eigenvalue weighted by Crippen LogP contribution is -2.33. The zero-order valence-electron chi connectivity index (χ0n) is 21.4. The van der Waals surface area contributed by atoms with Crippen LogP contribution in [-0.2, 0) is 19.5 Å². The van der Waals surface area contributed by atoms with Crippen LogP contribution in [0.15, 0.2) is 59.4 Å². The molecule has 1 atom stereocenters. The van der Waals surface area contributed by atoms with E-state index < -0.39 is 0 Å². The third-order valence-corrected chi connectivity index (χ3v) is 7.56. The molecule has 7 nitrogen and oxygen atoms in total. The van der Waals surface area contributed by atoms with Gasteiger partial charge in [0, 0.05) is 24.2 Å². The third-order valence-electron chi connectivity index (χ3n) is 7.56. The number of rotatable bonds is 9.